The number of H-pyrrole nitrogens is 1. The number of anilines is 1. The maximum atomic E-state index is 11.9. The van der Waals surface area contributed by atoms with Crippen molar-refractivity contribution < 1.29 is 0 Å². The van der Waals surface area contributed by atoms with E-state index < -0.39 is 0 Å². The molecule has 0 amide bonds. The largest absolute Gasteiger partial charge is 0.369 e. The van der Waals surface area contributed by atoms with Gasteiger partial charge in [-0.15, -0.1) is 0 Å². The van der Waals surface area contributed by atoms with Crippen LogP contribution >= 0.6 is 0 Å². The van der Waals surface area contributed by atoms with Gasteiger partial charge in [0, 0.05) is 0 Å². The molecule has 0 radical (unpaired) electrons. The normalized spacial score (nSPS) is 22.0. The van der Waals surface area contributed by atoms with E-state index in [1.165, 1.54) is 25.7 Å². The summed E-state index contributed by atoms with van der Waals surface area (Å²) in [5, 5.41) is 0. The Hall–Kier alpha value is -1.98. The first-order chi connectivity index (χ1) is 11.3. The van der Waals surface area contributed by atoms with Crippen LogP contribution in [0.3, 0.4) is 0 Å². The Morgan fingerprint density at radius 3 is 2.58 bits per heavy atom. The van der Waals surface area contributed by atoms with Crippen molar-refractivity contribution in [1.29, 1.82) is 0 Å². The molecule has 3 N–H and O–H groups in total. The van der Waals surface area contributed by atoms with Gasteiger partial charge in [0.1, 0.15) is 0 Å². The average Bonchev–Trinajstić information content (AvgIpc) is 2.52. The van der Waals surface area contributed by atoms with Crippen molar-refractivity contribution in [3.05, 3.63) is 22.2 Å². The van der Waals surface area contributed by atoms with E-state index in [-0.39, 0.29) is 17.0 Å². The molecule has 1 fully saturated rings. The summed E-state index contributed by atoms with van der Waals surface area (Å²) in [6, 6.07) is 0. The lowest BCUT2D eigenvalue weighted by atomic mass is 9.69. The van der Waals surface area contributed by atoms with Gasteiger partial charge in [-0.1, -0.05) is 33.6 Å². The highest BCUT2D eigenvalue weighted by Crippen LogP contribution is 2.40. The SMILES string of the molecule is CC(C)(C)C1CCC(CCc2cnc3nc(N)[nH]c(=O)c3n2)CC1. The van der Waals surface area contributed by atoms with Crippen LogP contribution in [0.5, 0.6) is 0 Å². The zero-order chi connectivity index (χ0) is 17.3. The van der Waals surface area contributed by atoms with E-state index in [4.69, 9.17) is 5.73 Å². The van der Waals surface area contributed by atoms with Crippen LogP contribution in [0.4, 0.5) is 5.95 Å². The fraction of sp³-hybridized carbons (Fsp3) is 0.667. The van der Waals surface area contributed by atoms with E-state index in [0.29, 0.717) is 11.1 Å². The molecule has 1 aliphatic rings. The molecule has 130 valence electrons. The number of aryl methyl sites for hydroxylation is 1. The summed E-state index contributed by atoms with van der Waals surface area (Å²) in [6.45, 7) is 7.04. The summed E-state index contributed by atoms with van der Waals surface area (Å²) in [6.07, 6.45) is 8.91. The van der Waals surface area contributed by atoms with Crippen molar-refractivity contribution in [2.45, 2.75) is 59.3 Å². The second-order valence-electron chi connectivity index (χ2n) is 8.11. The standard InChI is InChI=1S/C18H27N5O/c1-18(2,3)12-7-4-11(5-8-12)6-9-13-10-20-15-14(21-13)16(24)23-17(19)22-15/h10-12H,4-9H2,1-3H3,(H3,19,20,22,23,24). The van der Waals surface area contributed by atoms with E-state index >= 15 is 0 Å². The van der Waals surface area contributed by atoms with Crippen LogP contribution in [0, 0.1) is 17.3 Å². The highest BCUT2D eigenvalue weighted by atomic mass is 16.1. The van der Waals surface area contributed by atoms with E-state index in [0.717, 1.165) is 30.4 Å². The van der Waals surface area contributed by atoms with Crippen LogP contribution in [-0.4, -0.2) is 19.9 Å². The smallest absolute Gasteiger partial charge is 0.280 e. The molecule has 0 spiro atoms. The first kappa shape index (κ1) is 16.9. The number of nitrogens with zero attached hydrogens (tertiary/aromatic N) is 3. The van der Waals surface area contributed by atoms with Gasteiger partial charge in [-0.2, -0.15) is 4.98 Å². The molecular formula is C18H27N5O. The second kappa shape index (κ2) is 6.49. The van der Waals surface area contributed by atoms with Crippen LogP contribution in [0.1, 0.15) is 58.6 Å². The Morgan fingerprint density at radius 1 is 1.21 bits per heavy atom. The maximum absolute atomic E-state index is 11.9. The van der Waals surface area contributed by atoms with Crippen molar-refractivity contribution in [3.8, 4) is 0 Å². The van der Waals surface area contributed by atoms with Crippen LogP contribution in [0.2, 0.25) is 0 Å². The van der Waals surface area contributed by atoms with Gasteiger partial charge in [-0.3, -0.25) is 9.78 Å². The molecule has 0 aliphatic heterocycles. The van der Waals surface area contributed by atoms with Gasteiger partial charge in [0.25, 0.3) is 5.56 Å². The molecule has 3 rings (SSSR count). The highest BCUT2D eigenvalue weighted by Gasteiger charge is 2.29. The molecule has 0 bridgehead atoms. The molecule has 24 heavy (non-hydrogen) atoms. The lowest BCUT2D eigenvalue weighted by Crippen LogP contribution is -2.26. The number of aromatic amines is 1. The number of hydrogen-bond donors (Lipinski definition) is 2. The number of fused-ring (bicyclic) bond motifs is 1. The molecular weight excluding hydrogens is 302 g/mol. The van der Waals surface area contributed by atoms with E-state index in [1.54, 1.807) is 6.20 Å². The monoisotopic (exact) mass is 329 g/mol. The summed E-state index contributed by atoms with van der Waals surface area (Å²) in [7, 11) is 0. The van der Waals surface area contributed by atoms with Gasteiger partial charge < -0.3 is 5.73 Å². The van der Waals surface area contributed by atoms with Gasteiger partial charge in [0.15, 0.2) is 11.2 Å². The molecule has 1 saturated carbocycles. The van der Waals surface area contributed by atoms with Gasteiger partial charge in [0.05, 0.1) is 11.9 Å². The topological polar surface area (TPSA) is 97.5 Å². The van der Waals surface area contributed by atoms with Crippen molar-refractivity contribution in [2.24, 2.45) is 17.3 Å². The first-order valence-electron chi connectivity index (χ1n) is 8.84. The third-order valence-corrected chi connectivity index (χ3v) is 5.37. The van der Waals surface area contributed by atoms with Crippen molar-refractivity contribution in [2.75, 3.05) is 5.73 Å². The summed E-state index contributed by atoms with van der Waals surface area (Å²) >= 11 is 0. The maximum Gasteiger partial charge on any atom is 0.280 e. The van der Waals surface area contributed by atoms with Gasteiger partial charge in [-0.05, 0) is 42.9 Å². The highest BCUT2D eigenvalue weighted by molar-refractivity contribution is 5.69. The van der Waals surface area contributed by atoms with E-state index in [1.807, 2.05) is 0 Å². The third-order valence-electron chi connectivity index (χ3n) is 5.37. The van der Waals surface area contributed by atoms with Crippen molar-refractivity contribution >= 4 is 17.1 Å². The lowest BCUT2D eigenvalue weighted by Gasteiger charge is -2.37. The molecule has 1 aliphatic carbocycles. The van der Waals surface area contributed by atoms with E-state index in [9.17, 15) is 4.79 Å². The molecule has 2 aromatic heterocycles. The van der Waals surface area contributed by atoms with Crippen LogP contribution < -0.4 is 11.3 Å². The Bertz CT molecular complexity index is 769. The fourth-order valence-electron chi connectivity index (χ4n) is 3.76. The third kappa shape index (κ3) is 3.74. The molecule has 6 heteroatoms. The zero-order valence-electron chi connectivity index (χ0n) is 14.8. The average molecular weight is 329 g/mol. The summed E-state index contributed by atoms with van der Waals surface area (Å²) in [5.74, 6) is 1.67. The Kier molecular flexibility index (Phi) is 4.56. The molecule has 0 unspecified atom stereocenters. The van der Waals surface area contributed by atoms with Gasteiger partial charge in [-0.25, -0.2) is 9.97 Å². The number of nitrogens with one attached hydrogen (secondary N) is 1. The number of nitrogen functional groups attached to an aromatic ring is 1. The predicted octanol–water partition coefficient (Wildman–Crippen LogP) is 3.08. The minimum absolute atomic E-state index is 0.0742. The van der Waals surface area contributed by atoms with Crippen LogP contribution in [-0.2, 0) is 6.42 Å². The van der Waals surface area contributed by atoms with Crippen molar-refractivity contribution in [3.63, 3.8) is 0 Å². The minimum atomic E-state index is -0.322. The molecule has 6 nitrogen and oxygen atoms in total. The summed E-state index contributed by atoms with van der Waals surface area (Å²) in [5.41, 5.74) is 7.07. The summed E-state index contributed by atoms with van der Waals surface area (Å²) in [4.78, 5) is 27.1. The van der Waals surface area contributed by atoms with Gasteiger partial charge in [0.2, 0.25) is 5.95 Å². The Balaban J connectivity index is 1.62. The van der Waals surface area contributed by atoms with Crippen molar-refractivity contribution in [1.82, 2.24) is 19.9 Å². The second-order valence-corrected chi connectivity index (χ2v) is 8.11. The number of hydrogen-bond acceptors (Lipinski definition) is 5. The molecule has 2 heterocycles. The number of aromatic nitrogens is 4. The lowest BCUT2D eigenvalue weighted by molar-refractivity contribution is 0.146. The van der Waals surface area contributed by atoms with Crippen LogP contribution in [0.15, 0.2) is 11.0 Å². The molecule has 0 aromatic carbocycles. The first-order valence-corrected chi connectivity index (χ1v) is 8.84. The Morgan fingerprint density at radius 2 is 1.92 bits per heavy atom. The summed E-state index contributed by atoms with van der Waals surface area (Å²) < 4.78 is 0. The van der Waals surface area contributed by atoms with E-state index in [2.05, 4.69) is 40.7 Å². The predicted molar refractivity (Wildman–Crippen MR) is 95.6 cm³/mol. The number of rotatable bonds is 3. The van der Waals surface area contributed by atoms with Crippen LogP contribution in [0.25, 0.3) is 11.2 Å². The molecule has 0 atom stereocenters. The number of nitrogens with two attached hydrogens (primary N) is 1. The molecule has 0 saturated heterocycles. The minimum Gasteiger partial charge on any atom is -0.369 e. The molecule has 2 aromatic rings. The van der Waals surface area contributed by atoms with Gasteiger partial charge >= 0.3 is 0 Å². The zero-order valence-corrected chi connectivity index (χ0v) is 14.8. The quantitative estimate of drug-likeness (QED) is 0.902. The Labute approximate surface area is 142 Å². The fourth-order valence-corrected chi connectivity index (χ4v) is 3.76.